The molecule has 0 spiro atoms. The lowest BCUT2D eigenvalue weighted by molar-refractivity contribution is -0.149. The molecule has 1 unspecified atom stereocenters. The van der Waals surface area contributed by atoms with E-state index < -0.39 is 34.6 Å². The van der Waals surface area contributed by atoms with Crippen molar-refractivity contribution < 1.29 is 29.3 Å². The second kappa shape index (κ2) is 7.67. The first-order chi connectivity index (χ1) is 14.0. The minimum absolute atomic E-state index is 0.0128. The number of carboxylic acids is 1. The van der Waals surface area contributed by atoms with Crippen molar-refractivity contribution in [2.75, 3.05) is 0 Å². The van der Waals surface area contributed by atoms with Crippen molar-refractivity contribution in [1.29, 1.82) is 0 Å². The third kappa shape index (κ3) is 3.91. The highest BCUT2D eigenvalue weighted by molar-refractivity contribution is 6.13. The normalized spacial score (nSPS) is 19.1. The van der Waals surface area contributed by atoms with Gasteiger partial charge in [0.15, 0.2) is 11.2 Å². The summed E-state index contributed by atoms with van der Waals surface area (Å²) in [6.45, 7) is 5.22. The van der Waals surface area contributed by atoms with Crippen molar-refractivity contribution in [3.63, 3.8) is 0 Å². The fraction of sp³-hybridized carbons (Fsp3) is 0.261. The molecular formula is C23H23NO6. The number of rotatable bonds is 4. The average Bonchev–Trinajstić information content (AvgIpc) is 3.07. The number of hydrogen-bond acceptors (Lipinski definition) is 5. The highest BCUT2D eigenvalue weighted by atomic mass is 16.6. The third-order valence-electron chi connectivity index (χ3n) is 4.74. The zero-order valence-electron chi connectivity index (χ0n) is 17.0. The number of aliphatic hydroxyl groups excluding tert-OH is 1. The maximum Gasteiger partial charge on any atom is 0.419 e. The van der Waals surface area contributed by atoms with Gasteiger partial charge in [-0.2, -0.15) is 0 Å². The number of allylic oxidation sites excluding steroid dienone is 4. The molecule has 0 saturated carbocycles. The maximum absolute atomic E-state index is 12.8. The molecule has 7 nitrogen and oxygen atoms in total. The van der Waals surface area contributed by atoms with Crippen molar-refractivity contribution in [2.24, 2.45) is 5.41 Å². The van der Waals surface area contributed by atoms with Crippen LogP contribution in [0.15, 0.2) is 60.8 Å². The first-order valence-corrected chi connectivity index (χ1v) is 9.42. The summed E-state index contributed by atoms with van der Waals surface area (Å²) in [7, 11) is 0. The molecule has 2 aromatic rings. The number of fused-ring (bicyclic) bond motifs is 1. The zero-order valence-corrected chi connectivity index (χ0v) is 17.0. The van der Waals surface area contributed by atoms with Gasteiger partial charge in [0, 0.05) is 23.2 Å². The zero-order chi connectivity index (χ0) is 22.1. The number of para-hydroxylation sites is 1. The van der Waals surface area contributed by atoms with Crippen LogP contribution in [0.2, 0.25) is 0 Å². The maximum atomic E-state index is 12.8. The predicted molar refractivity (Wildman–Crippen MR) is 112 cm³/mol. The van der Waals surface area contributed by atoms with E-state index in [-0.39, 0.29) is 12.0 Å². The number of nitrogens with zero attached hydrogens (tertiary/aromatic N) is 1. The smallest absolute Gasteiger partial charge is 0.419 e. The lowest BCUT2D eigenvalue weighted by Crippen LogP contribution is -2.37. The van der Waals surface area contributed by atoms with Gasteiger partial charge in [-0.25, -0.2) is 4.79 Å². The van der Waals surface area contributed by atoms with Crippen LogP contribution in [0.4, 0.5) is 4.79 Å². The van der Waals surface area contributed by atoms with Crippen LogP contribution in [0.5, 0.6) is 0 Å². The van der Waals surface area contributed by atoms with E-state index in [1.165, 1.54) is 22.9 Å². The topological polar surface area (TPSA) is 106 Å². The van der Waals surface area contributed by atoms with Gasteiger partial charge in [0.05, 0.1) is 5.52 Å². The molecule has 1 aromatic carbocycles. The van der Waals surface area contributed by atoms with E-state index in [2.05, 4.69) is 0 Å². The van der Waals surface area contributed by atoms with Gasteiger partial charge in [0.1, 0.15) is 11.4 Å². The number of carboxylic acid groups (broad SMARTS) is 1. The number of ketones is 1. The molecule has 1 atom stereocenters. The number of hydrogen-bond donors (Lipinski definition) is 2. The largest absolute Gasteiger partial charge is 0.507 e. The van der Waals surface area contributed by atoms with Crippen molar-refractivity contribution in [3.8, 4) is 0 Å². The molecule has 156 valence electrons. The molecule has 0 fully saturated rings. The summed E-state index contributed by atoms with van der Waals surface area (Å²) in [6, 6.07) is 6.84. The first-order valence-electron chi connectivity index (χ1n) is 9.42. The van der Waals surface area contributed by atoms with E-state index in [1.54, 1.807) is 57.2 Å². The summed E-state index contributed by atoms with van der Waals surface area (Å²) in [5.74, 6) is -2.49. The summed E-state index contributed by atoms with van der Waals surface area (Å²) in [5.41, 5.74) is -1.78. The van der Waals surface area contributed by atoms with Crippen LogP contribution < -0.4 is 0 Å². The summed E-state index contributed by atoms with van der Waals surface area (Å²) in [6.07, 6.45) is 7.69. The summed E-state index contributed by atoms with van der Waals surface area (Å²) in [5, 5.41) is 20.8. The van der Waals surface area contributed by atoms with Gasteiger partial charge in [-0.1, -0.05) is 42.5 Å². The van der Waals surface area contributed by atoms with Gasteiger partial charge in [-0.15, -0.1) is 0 Å². The number of benzene rings is 1. The molecule has 30 heavy (non-hydrogen) atoms. The van der Waals surface area contributed by atoms with Gasteiger partial charge in [0.2, 0.25) is 0 Å². The van der Waals surface area contributed by atoms with Crippen LogP contribution in [0.25, 0.3) is 16.7 Å². The average molecular weight is 409 g/mol. The Hall–Kier alpha value is -3.61. The standard InChI is InChI=1S/C23H23NO6/c1-22(2,3)30-21(29)24-14-16(15-9-5-6-10-17(15)24)18(25)13-19(26)23(20(27)28)11-7-4-8-12-23/h4-11,13-14,25H,12H2,1-3H3,(H,27,28). The van der Waals surface area contributed by atoms with Gasteiger partial charge >= 0.3 is 12.1 Å². The highest BCUT2D eigenvalue weighted by Gasteiger charge is 2.42. The molecule has 1 heterocycles. The Morgan fingerprint density at radius 2 is 1.83 bits per heavy atom. The van der Waals surface area contributed by atoms with E-state index in [9.17, 15) is 24.6 Å². The second-order valence-corrected chi connectivity index (χ2v) is 8.07. The Balaban J connectivity index is 2.05. The predicted octanol–water partition coefficient (Wildman–Crippen LogP) is 4.48. The first kappa shape index (κ1) is 21.1. The number of carbonyl (C=O) groups excluding carboxylic acids is 2. The third-order valence-corrected chi connectivity index (χ3v) is 4.74. The molecular weight excluding hydrogens is 386 g/mol. The van der Waals surface area contributed by atoms with Gasteiger partial charge < -0.3 is 14.9 Å². The number of aromatic nitrogens is 1. The summed E-state index contributed by atoms with van der Waals surface area (Å²) >= 11 is 0. The van der Waals surface area contributed by atoms with Crippen molar-refractivity contribution >= 4 is 34.5 Å². The monoisotopic (exact) mass is 409 g/mol. The Bertz CT molecular complexity index is 1110. The van der Waals surface area contributed by atoms with Crippen LogP contribution in [-0.2, 0) is 14.3 Å². The van der Waals surface area contributed by atoms with Crippen LogP contribution in [0, 0.1) is 5.41 Å². The SMILES string of the molecule is CC(C)(C)OC(=O)n1cc(C(O)=CC(=O)C2(C(=O)O)C=CC=CC2)c2ccccc21. The Labute approximate surface area is 173 Å². The highest BCUT2D eigenvalue weighted by Crippen LogP contribution is 2.32. The molecule has 2 N–H and O–H groups in total. The van der Waals surface area contributed by atoms with Gasteiger partial charge in [0.25, 0.3) is 0 Å². The summed E-state index contributed by atoms with van der Waals surface area (Å²) in [4.78, 5) is 37.2. The van der Waals surface area contributed by atoms with Crippen LogP contribution >= 0.6 is 0 Å². The molecule has 0 saturated heterocycles. The molecule has 0 radical (unpaired) electrons. The number of carbonyl (C=O) groups is 3. The van der Waals surface area contributed by atoms with Crippen LogP contribution in [0.3, 0.4) is 0 Å². The minimum atomic E-state index is -1.77. The summed E-state index contributed by atoms with van der Waals surface area (Å²) < 4.78 is 6.66. The van der Waals surface area contributed by atoms with Crippen molar-refractivity contribution in [2.45, 2.75) is 32.8 Å². The lowest BCUT2D eigenvalue weighted by Gasteiger charge is -2.23. The number of aliphatic carboxylic acids is 1. The van der Waals surface area contributed by atoms with E-state index in [4.69, 9.17) is 4.74 Å². The van der Waals surface area contributed by atoms with E-state index in [0.29, 0.717) is 10.9 Å². The van der Waals surface area contributed by atoms with E-state index in [1.807, 2.05) is 0 Å². The molecule has 0 bridgehead atoms. The van der Waals surface area contributed by atoms with Crippen LogP contribution in [0.1, 0.15) is 32.8 Å². The molecule has 0 amide bonds. The Morgan fingerprint density at radius 1 is 1.13 bits per heavy atom. The minimum Gasteiger partial charge on any atom is -0.507 e. The molecule has 1 aromatic heterocycles. The Morgan fingerprint density at radius 3 is 2.43 bits per heavy atom. The Kier molecular flexibility index (Phi) is 5.39. The van der Waals surface area contributed by atoms with Crippen LogP contribution in [-0.4, -0.2) is 38.2 Å². The number of aliphatic hydroxyl groups is 1. The van der Waals surface area contributed by atoms with Gasteiger partial charge in [-0.05, 0) is 33.3 Å². The van der Waals surface area contributed by atoms with Crippen molar-refractivity contribution in [1.82, 2.24) is 4.57 Å². The lowest BCUT2D eigenvalue weighted by atomic mass is 9.77. The fourth-order valence-electron chi connectivity index (χ4n) is 3.24. The molecule has 1 aliphatic carbocycles. The molecule has 7 heteroatoms. The van der Waals surface area contributed by atoms with Gasteiger partial charge in [-0.3, -0.25) is 14.2 Å². The number of ether oxygens (including phenoxy) is 1. The fourth-order valence-corrected chi connectivity index (χ4v) is 3.24. The van der Waals surface area contributed by atoms with Crippen molar-refractivity contribution in [3.05, 3.63) is 66.4 Å². The van der Waals surface area contributed by atoms with E-state index >= 15 is 0 Å². The molecule has 3 rings (SSSR count). The second-order valence-electron chi connectivity index (χ2n) is 8.07. The quantitative estimate of drug-likeness (QED) is 0.438. The molecule has 1 aliphatic rings. The molecule has 0 aliphatic heterocycles. The van der Waals surface area contributed by atoms with E-state index in [0.717, 1.165) is 6.08 Å².